The van der Waals surface area contributed by atoms with Crippen molar-refractivity contribution in [1.82, 2.24) is 4.98 Å². The smallest absolute Gasteiger partial charge is 0.370 e. The van der Waals surface area contributed by atoms with Crippen molar-refractivity contribution in [3.05, 3.63) is 23.9 Å². The minimum Gasteiger partial charge on any atom is -0.370 e. The van der Waals surface area contributed by atoms with E-state index in [1.165, 1.54) is 12.1 Å². The van der Waals surface area contributed by atoms with Crippen molar-refractivity contribution in [2.45, 2.75) is 19.0 Å². The molecule has 0 aliphatic carbocycles. The Morgan fingerprint density at radius 1 is 1.25 bits per heavy atom. The van der Waals surface area contributed by atoms with Crippen LogP contribution in [0.4, 0.5) is 19.0 Å². The standard InChI is InChI=1S/C10H14F3N3/c11-10(12,13)8-4-3-5-9(16-8)15-7-2-1-6-14/h3-5H,1-2,6-7,14H2,(H,15,16). The van der Waals surface area contributed by atoms with Gasteiger partial charge in [-0.2, -0.15) is 13.2 Å². The van der Waals surface area contributed by atoms with Gasteiger partial charge in [0.25, 0.3) is 0 Å². The van der Waals surface area contributed by atoms with Gasteiger partial charge in [-0.1, -0.05) is 6.07 Å². The summed E-state index contributed by atoms with van der Waals surface area (Å²) in [6, 6.07) is 3.80. The van der Waals surface area contributed by atoms with Gasteiger partial charge >= 0.3 is 6.18 Å². The van der Waals surface area contributed by atoms with Crippen LogP contribution in [0.2, 0.25) is 0 Å². The number of halogens is 3. The molecule has 0 saturated carbocycles. The van der Waals surface area contributed by atoms with E-state index in [1.54, 1.807) is 0 Å². The van der Waals surface area contributed by atoms with Crippen molar-refractivity contribution in [3.63, 3.8) is 0 Å². The molecule has 16 heavy (non-hydrogen) atoms. The van der Waals surface area contributed by atoms with Crippen molar-refractivity contribution in [2.75, 3.05) is 18.4 Å². The first-order valence-electron chi connectivity index (χ1n) is 5.02. The maximum absolute atomic E-state index is 12.3. The maximum atomic E-state index is 12.3. The van der Waals surface area contributed by atoms with Crippen LogP contribution in [0, 0.1) is 0 Å². The van der Waals surface area contributed by atoms with Crippen molar-refractivity contribution in [1.29, 1.82) is 0 Å². The SMILES string of the molecule is NCCCCNc1cccc(C(F)(F)F)n1. The van der Waals surface area contributed by atoms with E-state index in [0.29, 0.717) is 13.1 Å². The van der Waals surface area contributed by atoms with Crippen LogP contribution in [0.5, 0.6) is 0 Å². The molecule has 0 atom stereocenters. The van der Waals surface area contributed by atoms with Gasteiger partial charge in [-0.15, -0.1) is 0 Å². The van der Waals surface area contributed by atoms with Gasteiger partial charge in [0.1, 0.15) is 11.5 Å². The number of anilines is 1. The molecular formula is C10H14F3N3. The van der Waals surface area contributed by atoms with Gasteiger partial charge in [0.2, 0.25) is 0 Å². The summed E-state index contributed by atoms with van der Waals surface area (Å²) in [5.74, 6) is 0.242. The molecule has 0 amide bonds. The third kappa shape index (κ3) is 4.06. The number of aromatic nitrogens is 1. The number of hydrogen-bond acceptors (Lipinski definition) is 3. The molecule has 90 valence electrons. The average molecular weight is 233 g/mol. The highest BCUT2D eigenvalue weighted by atomic mass is 19.4. The predicted octanol–water partition coefficient (Wildman–Crippen LogP) is 2.25. The van der Waals surface area contributed by atoms with Crippen molar-refractivity contribution < 1.29 is 13.2 Å². The molecule has 0 aliphatic heterocycles. The lowest BCUT2D eigenvalue weighted by atomic mass is 10.3. The van der Waals surface area contributed by atoms with E-state index in [-0.39, 0.29) is 5.82 Å². The Bertz CT molecular complexity index is 325. The van der Waals surface area contributed by atoms with E-state index in [4.69, 9.17) is 5.73 Å². The summed E-state index contributed by atoms with van der Waals surface area (Å²) in [5.41, 5.74) is 4.42. The van der Waals surface area contributed by atoms with Crippen LogP contribution >= 0.6 is 0 Å². The number of rotatable bonds is 5. The molecule has 0 bridgehead atoms. The van der Waals surface area contributed by atoms with Gasteiger partial charge in [0.15, 0.2) is 0 Å². The molecule has 3 N–H and O–H groups in total. The van der Waals surface area contributed by atoms with Crippen LogP contribution in [0.15, 0.2) is 18.2 Å². The summed E-state index contributed by atoms with van der Waals surface area (Å²) >= 11 is 0. The summed E-state index contributed by atoms with van der Waals surface area (Å²) in [7, 11) is 0. The monoisotopic (exact) mass is 233 g/mol. The second-order valence-corrected chi connectivity index (χ2v) is 3.33. The summed E-state index contributed by atoms with van der Waals surface area (Å²) in [5, 5.41) is 2.83. The van der Waals surface area contributed by atoms with Crippen LogP contribution in [0.25, 0.3) is 0 Å². The van der Waals surface area contributed by atoms with E-state index in [0.717, 1.165) is 18.9 Å². The van der Waals surface area contributed by atoms with E-state index < -0.39 is 11.9 Å². The van der Waals surface area contributed by atoms with E-state index in [9.17, 15) is 13.2 Å². The van der Waals surface area contributed by atoms with Gasteiger partial charge in [0, 0.05) is 6.54 Å². The summed E-state index contributed by atoms with van der Waals surface area (Å²) in [4.78, 5) is 3.47. The van der Waals surface area contributed by atoms with Crippen molar-refractivity contribution in [2.24, 2.45) is 5.73 Å². The number of alkyl halides is 3. The lowest BCUT2D eigenvalue weighted by molar-refractivity contribution is -0.141. The molecule has 0 radical (unpaired) electrons. The molecule has 0 saturated heterocycles. The van der Waals surface area contributed by atoms with E-state index in [2.05, 4.69) is 10.3 Å². The first kappa shape index (κ1) is 12.8. The number of unbranched alkanes of at least 4 members (excludes halogenated alkanes) is 1. The Kier molecular flexibility index (Phi) is 4.54. The third-order valence-electron chi connectivity index (χ3n) is 1.98. The Balaban J connectivity index is 2.54. The van der Waals surface area contributed by atoms with E-state index in [1.807, 2.05) is 0 Å². The predicted molar refractivity (Wildman–Crippen MR) is 56.0 cm³/mol. The van der Waals surface area contributed by atoms with Crippen LogP contribution in [0.3, 0.4) is 0 Å². The normalized spacial score (nSPS) is 11.5. The molecule has 3 nitrogen and oxygen atoms in total. The van der Waals surface area contributed by atoms with Crippen LogP contribution in [-0.2, 0) is 6.18 Å². The largest absolute Gasteiger partial charge is 0.433 e. The fraction of sp³-hybridized carbons (Fsp3) is 0.500. The van der Waals surface area contributed by atoms with Crippen LogP contribution in [-0.4, -0.2) is 18.1 Å². The highest BCUT2D eigenvalue weighted by Crippen LogP contribution is 2.28. The lowest BCUT2D eigenvalue weighted by Crippen LogP contribution is -2.11. The Morgan fingerprint density at radius 2 is 2.00 bits per heavy atom. The second kappa shape index (κ2) is 5.69. The fourth-order valence-electron chi connectivity index (χ4n) is 1.18. The Morgan fingerprint density at radius 3 is 2.62 bits per heavy atom. The lowest BCUT2D eigenvalue weighted by Gasteiger charge is -2.09. The van der Waals surface area contributed by atoms with Gasteiger partial charge in [-0.05, 0) is 31.5 Å². The number of nitrogens with two attached hydrogens (primary N) is 1. The van der Waals surface area contributed by atoms with Crippen LogP contribution < -0.4 is 11.1 Å². The molecule has 1 aromatic heterocycles. The van der Waals surface area contributed by atoms with Crippen molar-refractivity contribution in [3.8, 4) is 0 Å². The van der Waals surface area contributed by atoms with Crippen molar-refractivity contribution >= 4 is 5.82 Å². The minimum atomic E-state index is -4.39. The van der Waals surface area contributed by atoms with Gasteiger partial charge in [-0.3, -0.25) is 0 Å². The number of nitrogens with one attached hydrogen (secondary N) is 1. The molecule has 6 heteroatoms. The Labute approximate surface area is 91.9 Å². The molecular weight excluding hydrogens is 219 g/mol. The first-order valence-corrected chi connectivity index (χ1v) is 5.02. The molecule has 0 aliphatic rings. The first-order chi connectivity index (χ1) is 7.54. The average Bonchev–Trinajstić information content (AvgIpc) is 2.24. The summed E-state index contributed by atoms with van der Waals surface area (Å²) in [6.45, 7) is 1.16. The maximum Gasteiger partial charge on any atom is 0.433 e. The van der Waals surface area contributed by atoms with Crippen LogP contribution in [0.1, 0.15) is 18.5 Å². The summed E-state index contributed by atoms with van der Waals surface area (Å²) in [6.07, 6.45) is -2.74. The van der Waals surface area contributed by atoms with E-state index >= 15 is 0 Å². The zero-order valence-corrected chi connectivity index (χ0v) is 8.72. The molecule has 1 rings (SSSR count). The highest BCUT2D eigenvalue weighted by Gasteiger charge is 2.32. The molecule has 1 heterocycles. The molecule has 0 spiro atoms. The quantitative estimate of drug-likeness (QED) is 0.767. The topological polar surface area (TPSA) is 50.9 Å². The van der Waals surface area contributed by atoms with Gasteiger partial charge in [-0.25, -0.2) is 4.98 Å². The second-order valence-electron chi connectivity index (χ2n) is 3.33. The zero-order valence-electron chi connectivity index (χ0n) is 8.72. The molecule has 0 fully saturated rings. The Hall–Kier alpha value is -1.30. The fourth-order valence-corrected chi connectivity index (χ4v) is 1.18. The minimum absolute atomic E-state index is 0.242. The third-order valence-corrected chi connectivity index (χ3v) is 1.98. The van der Waals surface area contributed by atoms with Gasteiger partial charge < -0.3 is 11.1 Å². The number of hydrogen-bond donors (Lipinski definition) is 2. The van der Waals surface area contributed by atoms with Gasteiger partial charge in [0.05, 0.1) is 0 Å². The number of nitrogens with zero attached hydrogens (tertiary/aromatic N) is 1. The molecule has 0 unspecified atom stereocenters. The summed E-state index contributed by atoms with van der Waals surface area (Å²) < 4.78 is 36.9. The molecule has 1 aromatic rings. The molecule has 0 aromatic carbocycles. The zero-order chi connectivity index (χ0) is 12.0. The highest BCUT2D eigenvalue weighted by molar-refractivity contribution is 5.35. The number of pyridine rings is 1.